The van der Waals surface area contributed by atoms with Crippen molar-refractivity contribution in [3.05, 3.63) is 76.9 Å². The number of amides is 4. The molecule has 0 spiro atoms. The number of hydrogen-bond acceptors (Lipinski definition) is 7. The quantitative estimate of drug-likeness (QED) is 0.176. The van der Waals surface area contributed by atoms with Gasteiger partial charge >= 0.3 is 0 Å². The van der Waals surface area contributed by atoms with Gasteiger partial charge in [-0.25, -0.2) is 0 Å². The highest BCUT2D eigenvalue weighted by Gasteiger charge is 2.41. The third kappa shape index (κ3) is 10.4. The minimum absolute atomic E-state index is 0.0713. The van der Waals surface area contributed by atoms with Crippen molar-refractivity contribution in [2.45, 2.75) is 65.0 Å². The number of fused-ring (bicyclic) bond motifs is 1. The number of aliphatic imine (C=N–C) groups is 1. The second kappa shape index (κ2) is 18.6. The summed E-state index contributed by atoms with van der Waals surface area (Å²) in [5.41, 5.74) is 4.07. The fourth-order valence-corrected chi connectivity index (χ4v) is 7.52. The molecule has 0 unspecified atom stereocenters. The van der Waals surface area contributed by atoms with Gasteiger partial charge in [-0.1, -0.05) is 43.2 Å². The predicted octanol–water partition coefficient (Wildman–Crippen LogP) is 3.44. The number of terminal acetylenes is 1. The van der Waals surface area contributed by atoms with E-state index in [1.807, 2.05) is 61.3 Å². The molecule has 0 saturated carbocycles. The van der Waals surface area contributed by atoms with E-state index >= 15 is 0 Å². The van der Waals surface area contributed by atoms with E-state index in [-0.39, 0.29) is 42.8 Å². The molecule has 4 amide bonds. The third-order valence-electron chi connectivity index (χ3n) is 10.6. The van der Waals surface area contributed by atoms with Crippen LogP contribution in [0.3, 0.4) is 0 Å². The molecule has 2 heterocycles. The summed E-state index contributed by atoms with van der Waals surface area (Å²) in [4.78, 5) is 61.8. The van der Waals surface area contributed by atoms with Gasteiger partial charge < -0.3 is 31.1 Å². The molecular formula is C41H53N7O4. The molecule has 3 aliphatic rings. The molecule has 2 aliphatic heterocycles. The van der Waals surface area contributed by atoms with Gasteiger partial charge in [0.2, 0.25) is 23.6 Å². The molecule has 5 rings (SSSR count). The van der Waals surface area contributed by atoms with Gasteiger partial charge in [0.15, 0.2) is 0 Å². The second-order valence-electron chi connectivity index (χ2n) is 14.5. The molecule has 0 aromatic heterocycles. The van der Waals surface area contributed by atoms with Crippen LogP contribution in [-0.2, 0) is 45.1 Å². The first-order valence-electron chi connectivity index (χ1n) is 18.5. The molecule has 11 heteroatoms. The highest BCUT2D eigenvalue weighted by molar-refractivity contribution is 5.95. The lowest BCUT2D eigenvalue weighted by Crippen LogP contribution is -2.51. The van der Waals surface area contributed by atoms with Crippen molar-refractivity contribution in [2.24, 2.45) is 22.2 Å². The van der Waals surface area contributed by atoms with E-state index in [1.165, 1.54) is 6.08 Å². The van der Waals surface area contributed by atoms with Gasteiger partial charge in [0, 0.05) is 55.8 Å². The first-order valence-corrected chi connectivity index (χ1v) is 18.5. The topological polar surface area (TPSA) is 135 Å². The Hall–Kier alpha value is -4.79. The van der Waals surface area contributed by atoms with Gasteiger partial charge in [0.05, 0.1) is 0 Å². The maximum atomic E-state index is 14.4. The summed E-state index contributed by atoms with van der Waals surface area (Å²) >= 11 is 0. The maximum absolute atomic E-state index is 14.4. The zero-order chi connectivity index (χ0) is 36.9. The molecule has 11 nitrogen and oxygen atoms in total. The van der Waals surface area contributed by atoms with E-state index in [0.717, 1.165) is 48.2 Å². The summed E-state index contributed by atoms with van der Waals surface area (Å²) in [6.07, 6.45) is 14.8. The summed E-state index contributed by atoms with van der Waals surface area (Å²) in [6, 6.07) is 13.7. The van der Waals surface area contributed by atoms with Crippen LogP contribution >= 0.6 is 0 Å². The molecule has 2 saturated heterocycles. The number of rotatable bonds is 14. The van der Waals surface area contributed by atoms with E-state index in [4.69, 9.17) is 6.42 Å². The van der Waals surface area contributed by atoms with Gasteiger partial charge in [-0.3, -0.25) is 24.2 Å². The normalized spacial score (nSPS) is 18.6. The highest BCUT2D eigenvalue weighted by atomic mass is 16.2. The number of anilines is 1. The Morgan fingerprint density at radius 3 is 2.52 bits per heavy atom. The van der Waals surface area contributed by atoms with Crippen LogP contribution in [-0.4, -0.2) is 86.1 Å². The molecule has 276 valence electrons. The summed E-state index contributed by atoms with van der Waals surface area (Å²) < 4.78 is 0. The summed E-state index contributed by atoms with van der Waals surface area (Å²) in [7, 11) is 1.89. The molecule has 4 N–H and O–H groups in total. The van der Waals surface area contributed by atoms with Crippen LogP contribution in [0.1, 0.15) is 61.3 Å². The van der Waals surface area contributed by atoms with Gasteiger partial charge in [0.1, 0.15) is 13.2 Å². The number of likely N-dealkylation sites (tertiary alicyclic amines) is 1. The van der Waals surface area contributed by atoms with Crippen LogP contribution in [0.2, 0.25) is 0 Å². The average Bonchev–Trinajstić information content (AvgIpc) is 3.58. The molecule has 0 bridgehead atoms. The number of allylic oxidation sites excluding steroid dienone is 2. The highest BCUT2D eigenvalue weighted by Crippen LogP contribution is 2.35. The molecule has 1 atom stereocenters. The van der Waals surface area contributed by atoms with Crippen molar-refractivity contribution in [1.82, 2.24) is 25.8 Å². The van der Waals surface area contributed by atoms with Crippen molar-refractivity contribution in [3.63, 3.8) is 0 Å². The molecular weight excluding hydrogens is 654 g/mol. The number of nitrogens with zero attached hydrogens (tertiary/aromatic N) is 3. The Bertz CT molecular complexity index is 1680. The standard InChI is InChI=1S/C41H53N7O4/c1-4-5-8-17-44-29-45-39(51)35-23-31-11-12-36(25-34(31)24-35)46-37(49)28-48(27-33-10-7-6-9-32(33)26-42-3)40(52)41(2)15-20-47(21-16-41)38(50)22-30-13-18-43-19-14-30/h1,5-12,17,25,30,35,42-43H,13-16,18-24,26-29H2,2-3H3,(H,45,51)(H,46,49)/b8-5-,44-17-/t35-/m1/s1. The largest absolute Gasteiger partial charge is 0.343 e. The number of carbonyl (C=O) groups excluding carboxylic acids is 4. The van der Waals surface area contributed by atoms with E-state index < -0.39 is 5.41 Å². The van der Waals surface area contributed by atoms with E-state index in [0.29, 0.717) is 69.9 Å². The number of benzene rings is 2. The summed E-state index contributed by atoms with van der Waals surface area (Å²) in [5, 5.41) is 12.4. The van der Waals surface area contributed by atoms with Crippen LogP contribution in [0.25, 0.3) is 0 Å². The van der Waals surface area contributed by atoms with Crippen molar-refractivity contribution in [2.75, 3.05) is 51.8 Å². The van der Waals surface area contributed by atoms with Gasteiger partial charge in [-0.15, -0.1) is 6.42 Å². The second-order valence-corrected chi connectivity index (χ2v) is 14.5. The third-order valence-corrected chi connectivity index (χ3v) is 10.6. The fraction of sp³-hybridized carbons (Fsp3) is 0.488. The first kappa shape index (κ1) is 38.4. The lowest BCUT2D eigenvalue weighted by molar-refractivity contribution is -0.149. The van der Waals surface area contributed by atoms with Gasteiger partial charge in [-0.2, -0.15) is 0 Å². The molecule has 2 fully saturated rings. The molecule has 52 heavy (non-hydrogen) atoms. The van der Waals surface area contributed by atoms with E-state index in [9.17, 15) is 19.2 Å². The Morgan fingerprint density at radius 1 is 1.06 bits per heavy atom. The SMILES string of the molecule is C#C/C=C\C=N/CNC(=O)[C@@H]1Cc2ccc(NC(=O)CN(Cc3ccccc3CNC)C(=O)C3(C)CCN(C(=O)CC4CCNCC4)CC3)cc2C1. The number of piperidine rings is 2. The fourth-order valence-electron chi connectivity index (χ4n) is 7.52. The van der Waals surface area contributed by atoms with Crippen LogP contribution < -0.4 is 21.3 Å². The number of carbonyl (C=O) groups is 4. The van der Waals surface area contributed by atoms with Gasteiger partial charge in [-0.05, 0) is 111 Å². The maximum Gasteiger partial charge on any atom is 0.244 e. The smallest absolute Gasteiger partial charge is 0.244 e. The Kier molecular flexibility index (Phi) is 13.8. The Balaban J connectivity index is 1.22. The van der Waals surface area contributed by atoms with E-state index in [2.05, 4.69) is 32.2 Å². The van der Waals surface area contributed by atoms with Crippen molar-refractivity contribution in [3.8, 4) is 12.3 Å². The van der Waals surface area contributed by atoms with Crippen molar-refractivity contribution >= 4 is 35.5 Å². The first-order chi connectivity index (χ1) is 25.2. The van der Waals surface area contributed by atoms with Crippen molar-refractivity contribution < 1.29 is 19.2 Å². The molecule has 0 radical (unpaired) electrons. The minimum atomic E-state index is -0.698. The molecule has 2 aromatic carbocycles. The number of nitrogens with one attached hydrogen (secondary N) is 4. The van der Waals surface area contributed by atoms with Crippen LogP contribution in [0, 0.1) is 29.6 Å². The lowest BCUT2D eigenvalue weighted by Gasteiger charge is -2.41. The summed E-state index contributed by atoms with van der Waals surface area (Å²) in [5.74, 6) is 2.33. The number of hydrogen-bond donors (Lipinski definition) is 4. The van der Waals surface area contributed by atoms with Crippen LogP contribution in [0.4, 0.5) is 5.69 Å². The molecule has 1 aliphatic carbocycles. The minimum Gasteiger partial charge on any atom is -0.343 e. The van der Waals surface area contributed by atoms with Crippen LogP contribution in [0.15, 0.2) is 59.6 Å². The van der Waals surface area contributed by atoms with Crippen molar-refractivity contribution in [1.29, 1.82) is 0 Å². The Labute approximate surface area is 308 Å². The average molecular weight is 708 g/mol. The van der Waals surface area contributed by atoms with Crippen LogP contribution in [0.5, 0.6) is 0 Å². The lowest BCUT2D eigenvalue weighted by atomic mass is 9.78. The predicted molar refractivity (Wildman–Crippen MR) is 204 cm³/mol. The zero-order valence-electron chi connectivity index (χ0n) is 30.6. The van der Waals surface area contributed by atoms with E-state index in [1.54, 1.807) is 17.2 Å². The zero-order valence-corrected chi connectivity index (χ0v) is 30.6. The summed E-state index contributed by atoms with van der Waals surface area (Å²) in [6.45, 7) is 5.96. The Morgan fingerprint density at radius 2 is 1.79 bits per heavy atom. The molecule has 2 aromatic rings. The van der Waals surface area contributed by atoms with Gasteiger partial charge in [0.25, 0.3) is 0 Å². The monoisotopic (exact) mass is 707 g/mol.